The van der Waals surface area contributed by atoms with Crippen molar-refractivity contribution in [2.45, 2.75) is 43.7 Å². The monoisotopic (exact) mass is 500 g/mol. The Bertz CT molecular complexity index is 1220. The number of ether oxygens (including phenoxy) is 1. The average Bonchev–Trinajstić information content (AvgIpc) is 3.64. The van der Waals surface area contributed by atoms with Crippen LogP contribution in [0.2, 0.25) is 0 Å². The van der Waals surface area contributed by atoms with E-state index in [-0.39, 0.29) is 41.4 Å². The normalized spacial score (nSPS) is 22.8. The summed E-state index contributed by atoms with van der Waals surface area (Å²) in [6.45, 7) is 5.30. The first-order valence-electron chi connectivity index (χ1n) is 12.1. The Labute approximate surface area is 207 Å². The van der Waals surface area contributed by atoms with Crippen LogP contribution in [0.15, 0.2) is 47.4 Å². The van der Waals surface area contributed by atoms with Crippen molar-refractivity contribution < 1.29 is 22.7 Å². The van der Waals surface area contributed by atoms with Crippen LogP contribution in [0.25, 0.3) is 0 Å². The van der Waals surface area contributed by atoms with E-state index in [0.717, 1.165) is 12.5 Å². The zero-order valence-corrected chi connectivity index (χ0v) is 21.3. The molecule has 8 heteroatoms. The molecular formula is C27H33FN2O4S. The van der Waals surface area contributed by atoms with Gasteiger partial charge in [0.15, 0.2) is 0 Å². The van der Waals surface area contributed by atoms with Gasteiger partial charge in [0.2, 0.25) is 10.0 Å². The van der Waals surface area contributed by atoms with E-state index >= 15 is 0 Å². The lowest BCUT2D eigenvalue weighted by molar-refractivity contribution is 0.0740. The van der Waals surface area contributed by atoms with Crippen molar-refractivity contribution in [2.75, 3.05) is 33.3 Å². The minimum absolute atomic E-state index is 0.0518. The molecule has 0 saturated heterocycles. The maximum absolute atomic E-state index is 14.0. The number of halogens is 1. The molecule has 1 aliphatic heterocycles. The lowest BCUT2D eigenvalue weighted by Crippen LogP contribution is -2.49. The molecule has 1 aliphatic carbocycles. The second-order valence-electron chi connectivity index (χ2n) is 9.80. The average molecular weight is 501 g/mol. The Balaban J connectivity index is 1.72. The van der Waals surface area contributed by atoms with Crippen LogP contribution >= 0.6 is 0 Å². The molecule has 2 aliphatic rings. The maximum Gasteiger partial charge on any atom is 0.247 e. The molecule has 0 spiro atoms. The third-order valence-electron chi connectivity index (χ3n) is 6.64. The van der Waals surface area contributed by atoms with E-state index < -0.39 is 21.9 Å². The summed E-state index contributed by atoms with van der Waals surface area (Å²) in [6, 6.07) is 10.4. The molecule has 0 bridgehead atoms. The van der Waals surface area contributed by atoms with E-state index in [0.29, 0.717) is 12.1 Å². The number of rotatable bonds is 6. The lowest BCUT2D eigenvalue weighted by Gasteiger charge is -2.37. The minimum atomic E-state index is -3.91. The number of likely N-dealkylation sites (N-methyl/N-ethyl adjacent to an activating group) is 1. The van der Waals surface area contributed by atoms with Crippen molar-refractivity contribution in [1.29, 1.82) is 0 Å². The predicted molar refractivity (Wildman–Crippen MR) is 133 cm³/mol. The van der Waals surface area contributed by atoms with Gasteiger partial charge in [0.25, 0.3) is 0 Å². The van der Waals surface area contributed by atoms with Crippen molar-refractivity contribution in [3.63, 3.8) is 0 Å². The molecule has 0 radical (unpaired) electrons. The van der Waals surface area contributed by atoms with Gasteiger partial charge in [-0.1, -0.05) is 30.9 Å². The SMILES string of the molecule is C[C@H]1CN([C@@H](C)CO)S(=O)(=O)c2ccc(C#Cc3ccccc3F)cc2O[C@H]1CN(C)CC1CC1. The molecule has 6 nitrogen and oxygen atoms in total. The van der Waals surface area contributed by atoms with Gasteiger partial charge in [-0.05, 0) is 63.1 Å². The molecule has 0 aromatic heterocycles. The molecule has 1 N–H and O–H groups in total. The largest absolute Gasteiger partial charge is 0.487 e. The summed E-state index contributed by atoms with van der Waals surface area (Å²) in [5.41, 5.74) is 0.797. The Morgan fingerprint density at radius 3 is 2.63 bits per heavy atom. The fourth-order valence-corrected chi connectivity index (χ4v) is 6.17. The first-order valence-corrected chi connectivity index (χ1v) is 13.5. The van der Waals surface area contributed by atoms with Crippen LogP contribution in [0, 0.1) is 29.5 Å². The third-order valence-corrected chi connectivity index (χ3v) is 8.66. The second-order valence-corrected chi connectivity index (χ2v) is 11.7. The number of aliphatic hydroxyl groups excluding tert-OH is 1. The van der Waals surface area contributed by atoms with Gasteiger partial charge in [-0.2, -0.15) is 4.31 Å². The fraction of sp³-hybridized carbons (Fsp3) is 0.481. The van der Waals surface area contributed by atoms with Gasteiger partial charge in [0, 0.05) is 37.2 Å². The topological polar surface area (TPSA) is 70.1 Å². The summed E-state index contributed by atoms with van der Waals surface area (Å²) in [7, 11) is -1.85. The molecule has 1 fully saturated rings. The van der Waals surface area contributed by atoms with Crippen LogP contribution in [-0.2, 0) is 10.0 Å². The fourth-order valence-electron chi connectivity index (χ4n) is 4.35. The van der Waals surface area contributed by atoms with Crippen molar-refractivity contribution >= 4 is 10.0 Å². The molecular weight excluding hydrogens is 467 g/mol. The highest BCUT2D eigenvalue weighted by molar-refractivity contribution is 7.89. The number of sulfonamides is 1. The van der Waals surface area contributed by atoms with E-state index in [2.05, 4.69) is 23.8 Å². The zero-order valence-electron chi connectivity index (χ0n) is 20.4. The van der Waals surface area contributed by atoms with E-state index in [1.807, 2.05) is 6.92 Å². The van der Waals surface area contributed by atoms with Crippen LogP contribution < -0.4 is 4.74 Å². The summed E-state index contributed by atoms with van der Waals surface area (Å²) in [5.74, 6) is 6.19. The summed E-state index contributed by atoms with van der Waals surface area (Å²) < 4.78 is 48.9. The number of fused-ring (bicyclic) bond motifs is 1. The van der Waals surface area contributed by atoms with E-state index in [1.54, 1.807) is 37.3 Å². The van der Waals surface area contributed by atoms with Gasteiger partial charge in [0.05, 0.1) is 12.2 Å². The highest BCUT2D eigenvalue weighted by Crippen LogP contribution is 2.35. The van der Waals surface area contributed by atoms with Gasteiger partial charge in [-0.3, -0.25) is 0 Å². The molecule has 1 saturated carbocycles. The lowest BCUT2D eigenvalue weighted by atomic mass is 10.0. The Morgan fingerprint density at radius 2 is 1.94 bits per heavy atom. The summed E-state index contributed by atoms with van der Waals surface area (Å²) in [4.78, 5) is 2.30. The van der Waals surface area contributed by atoms with Crippen LogP contribution in [-0.4, -0.2) is 68.2 Å². The maximum atomic E-state index is 14.0. The van der Waals surface area contributed by atoms with Crippen LogP contribution in [0.4, 0.5) is 4.39 Å². The molecule has 2 aromatic carbocycles. The summed E-state index contributed by atoms with van der Waals surface area (Å²) in [5, 5.41) is 9.78. The molecule has 0 unspecified atom stereocenters. The van der Waals surface area contributed by atoms with Crippen LogP contribution in [0.3, 0.4) is 0 Å². The first kappa shape index (κ1) is 25.6. The highest BCUT2D eigenvalue weighted by Gasteiger charge is 2.38. The molecule has 188 valence electrons. The second kappa shape index (κ2) is 10.7. The number of hydrogen-bond acceptors (Lipinski definition) is 5. The molecule has 4 rings (SSSR count). The van der Waals surface area contributed by atoms with Crippen molar-refractivity contribution in [2.24, 2.45) is 11.8 Å². The van der Waals surface area contributed by atoms with Crippen LogP contribution in [0.1, 0.15) is 37.8 Å². The van der Waals surface area contributed by atoms with Gasteiger partial charge < -0.3 is 14.7 Å². The number of hydrogen-bond donors (Lipinski definition) is 1. The van der Waals surface area contributed by atoms with E-state index in [1.165, 1.54) is 29.3 Å². The molecule has 0 amide bonds. The minimum Gasteiger partial charge on any atom is -0.487 e. The van der Waals surface area contributed by atoms with Crippen LogP contribution in [0.5, 0.6) is 5.75 Å². The van der Waals surface area contributed by atoms with Crippen molar-refractivity contribution in [3.05, 3.63) is 59.4 Å². The molecule has 3 atom stereocenters. The van der Waals surface area contributed by atoms with E-state index in [4.69, 9.17) is 4.74 Å². The molecule has 1 heterocycles. The summed E-state index contributed by atoms with van der Waals surface area (Å²) in [6.07, 6.45) is 2.24. The highest BCUT2D eigenvalue weighted by atomic mass is 32.2. The smallest absolute Gasteiger partial charge is 0.247 e. The standard InChI is InChI=1S/C27H33FN2O4S/c1-19-15-30(20(2)18-31)35(32,33)27-13-11-21(10-12-23-6-4-5-7-24(23)28)14-25(27)34-26(19)17-29(3)16-22-8-9-22/h4-7,11,13-14,19-20,22,26,31H,8-9,15-18H2,1-3H3/t19-,20-,26-/m0/s1. The molecule has 35 heavy (non-hydrogen) atoms. The zero-order chi connectivity index (χ0) is 25.2. The van der Waals surface area contributed by atoms with Gasteiger partial charge in [-0.25, -0.2) is 12.8 Å². The van der Waals surface area contributed by atoms with Crippen molar-refractivity contribution in [1.82, 2.24) is 9.21 Å². The number of aliphatic hydroxyl groups is 1. The number of nitrogens with zero attached hydrogens (tertiary/aromatic N) is 2. The summed E-state index contributed by atoms with van der Waals surface area (Å²) >= 11 is 0. The van der Waals surface area contributed by atoms with Gasteiger partial charge in [-0.15, -0.1) is 0 Å². The molecule has 2 aromatic rings. The van der Waals surface area contributed by atoms with Crippen molar-refractivity contribution in [3.8, 4) is 17.6 Å². The van der Waals surface area contributed by atoms with Gasteiger partial charge >= 0.3 is 0 Å². The predicted octanol–water partition coefficient (Wildman–Crippen LogP) is 3.34. The first-order chi connectivity index (χ1) is 16.7. The Hall–Kier alpha value is -2.44. The Kier molecular flexibility index (Phi) is 7.82. The van der Waals surface area contributed by atoms with E-state index in [9.17, 15) is 17.9 Å². The van der Waals surface area contributed by atoms with Gasteiger partial charge in [0.1, 0.15) is 22.6 Å². The quantitative estimate of drug-likeness (QED) is 0.617. The number of benzene rings is 2. The third kappa shape index (κ3) is 6.04. The Morgan fingerprint density at radius 1 is 1.20 bits per heavy atom.